The van der Waals surface area contributed by atoms with E-state index in [0.29, 0.717) is 12.1 Å². The van der Waals surface area contributed by atoms with Gasteiger partial charge in [0.25, 0.3) is 0 Å². The maximum absolute atomic E-state index is 5.77. The molecule has 0 aliphatic heterocycles. The molecule has 2 nitrogen and oxygen atoms in total. The Morgan fingerprint density at radius 2 is 1.77 bits per heavy atom. The monoisotopic (exact) mass is 186 g/mol. The Morgan fingerprint density at radius 1 is 1.23 bits per heavy atom. The Bertz CT molecular complexity index is 123. The lowest BCUT2D eigenvalue weighted by Crippen LogP contribution is -2.43. The van der Waals surface area contributed by atoms with Crippen molar-refractivity contribution in [1.82, 2.24) is 4.90 Å². The van der Waals surface area contributed by atoms with Gasteiger partial charge in [0, 0.05) is 18.6 Å². The highest BCUT2D eigenvalue weighted by Gasteiger charge is 2.17. The first-order chi connectivity index (χ1) is 6.02. The molecule has 0 saturated heterocycles. The smallest absolute Gasteiger partial charge is 0.0220 e. The van der Waals surface area contributed by atoms with Crippen molar-refractivity contribution in [2.45, 2.75) is 52.6 Å². The molecule has 0 bridgehead atoms. The number of likely N-dealkylation sites (N-methyl/N-ethyl adjacent to an activating group) is 1. The van der Waals surface area contributed by atoms with E-state index < -0.39 is 0 Å². The zero-order chi connectivity index (χ0) is 10.4. The number of rotatable bonds is 6. The minimum Gasteiger partial charge on any atom is -0.329 e. The Kier molecular flexibility index (Phi) is 6.35. The first-order valence-corrected chi connectivity index (χ1v) is 5.44. The van der Waals surface area contributed by atoms with Crippen molar-refractivity contribution in [2.75, 3.05) is 13.6 Å². The van der Waals surface area contributed by atoms with Crippen molar-refractivity contribution in [2.24, 2.45) is 11.7 Å². The summed E-state index contributed by atoms with van der Waals surface area (Å²) in [5.74, 6) is 0.736. The predicted molar refractivity (Wildman–Crippen MR) is 59.8 cm³/mol. The van der Waals surface area contributed by atoms with Gasteiger partial charge in [-0.05, 0) is 32.7 Å². The average molecular weight is 186 g/mol. The Morgan fingerprint density at radius 3 is 2.08 bits per heavy atom. The lowest BCUT2D eigenvalue weighted by Gasteiger charge is -2.33. The summed E-state index contributed by atoms with van der Waals surface area (Å²) in [6, 6.07) is 1.20. The van der Waals surface area contributed by atoms with Crippen LogP contribution in [0.1, 0.15) is 40.5 Å². The van der Waals surface area contributed by atoms with Gasteiger partial charge in [-0.15, -0.1) is 0 Å². The molecule has 80 valence electrons. The molecule has 2 N–H and O–H groups in total. The minimum atomic E-state index is 0.551. The second-order valence-electron chi connectivity index (χ2n) is 4.44. The van der Waals surface area contributed by atoms with Gasteiger partial charge in [0.05, 0.1) is 0 Å². The van der Waals surface area contributed by atoms with Crippen molar-refractivity contribution in [3.63, 3.8) is 0 Å². The maximum atomic E-state index is 5.77. The van der Waals surface area contributed by atoms with Gasteiger partial charge in [0.2, 0.25) is 0 Å². The fourth-order valence-corrected chi connectivity index (χ4v) is 1.62. The van der Waals surface area contributed by atoms with E-state index >= 15 is 0 Å². The van der Waals surface area contributed by atoms with E-state index in [4.69, 9.17) is 5.73 Å². The summed E-state index contributed by atoms with van der Waals surface area (Å²) < 4.78 is 0. The number of hydrogen-bond donors (Lipinski definition) is 1. The summed E-state index contributed by atoms with van der Waals surface area (Å²) in [7, 11) is 2.19. The molecule has 0 aromatic rings. The molecule has 0 aromatic heterocycles. The van der Waals surface area contributed by atoms with Gasteiger partial charge in [0.15, 0.2) is 0 Å². The lowest BCUT2D eigenvalue weighted by molar-refractivity contribution is 0.163. The molecule has 0 amide bonds. The SMILES string of the molecule is CCC(C)N(C)C(CN)CC(C)C. The highest BCUT2D eigenvalue weighted by molar-refractivity contribution is 4.74. The third kappa shape index (κ3) is 4.63. The van der Waals surface area contributed by atoms with Gasteiger partial charge in [-0.1, -0.05) is 20.8 Å². The van der Waals surface area contributed by atoms with Crippen molar-refractivity contribution >= 4 is 0 Å². The van der Waals surface area contributed by atoms with Crippen LogP contribution in [0.3, 0.4) is 0 Å². The summed E-state index contributed by atoms with van der Waals surface area (Å²) in [6.45, 7) is 9.78. The second kappa shape index (κ2) is 6.39. The van der Waals surface area contributed by atoms with E-state index in [1.807, 2.05) is 0 Å². The normalized spacial score (nSPS) is 16.6. The topological polar surface area (TPSA) is 29.3 Å². The Hall–Kier alpha value is -0.0800. The van der Waals surface area contributed by atoms with E-state index in [2.05, 4.69) is 39.6 Å². The molecular weight excluding hydrogens is 160 g/mol. The summed E-state index contributed by atoms with van der Waals surface area (Å²) in [6.07, 6.45) is 2.41. The molecule has 0 aliphatic rings. The Labute approximate surface area is 83.5 Å². The van der Waals surface area contributed by atoms with Crippen LogP contribution in [0.4, 0.5) is 0 Å². The number of nitrogens with zero attached hydrogens (tertiary/aromatic N) is 1. The van der Waals surface area contributed by atoms with Gasteiger partial charge in [0.1, 0.15) is 0 Å². The van der Waals surface area contributed by atoms with Crippen LogP contribution in [0.15, 0.2) is 0 Å². The summed E-state index contributed by atoms with van der Waals surface area (Å²) >= 11 is 0. The fourth-order valence-electron chi connectivity index (χ4n) is 1.62. The van der Waals surface area contributed by atoms with Crippen LogP contribution >= 0.6 is 0 Å². The number of hydrogen-bond acceptors (Lipinski definition) is 2. The molecule has 13 heavy (non-hydrogen) atoms. The van der Waals surface area contributed by atoms with Crippen molar-refractivity contribution in [3.8, 4) is 0 Å². The molecule has 0 rings (SSSR count). The van der Waals surface area contributed by atoms with Gasteiger partial charge in [-0.25, -0.2) is 0 Å². The molecule has 2 atom stereocenters. The molecule has 0 heterocycles. The van der Waals surface area contributed by atoms with Crippen LogP contribution in [0.5, 0.6) is 0 Å². The third-order valence-corrected chi connectivity index (χ3v) is 2.88. The Balaban J connectivity index is 4.05. The first kappa shape index (κ1) is 12.9. The highest BCUT2D eigenvalue weighted by Crippen LogP contribution is 2.13. The van der Waals surface area contributed by atoms with Crippen LogP contribution in [-0.4, -0.2) is 30.6 Å². The molecule has 2 unspecified atom stereocenters. The molecule has 0 aliphatic carbocycles. The van der Waals surface area contributed by atoms with Gasteiger partial charge < -0.3 is 5.73 Å². The summed E-state index contributed by atoms with van der Waals surface area (Å²) in [5.41, 5.74) is 5.77. The maximum Gasteiger partial charge on any atom is 0.0220 e. The minimum absolute atomic E-state index is 0.551. The van der Waals surface area contributed by atoms with Gasteiger partial charge >= 0.3 is 0 Å². The molecule has 2 heteroatoms. The van der Waals surface area contributed by atoms with Crippen molar-refractivity contribution in [1.29, 1.82) is 0 Å². The highest BCUT2D eigenvalue weighted by atomic mass is 15.2. The van der Waals surface area contributed by atoms with Crippen LogP contribution in [0, 0.1) is 5.92 Å². The predicted octanol–water partition coefficient (Wildman–Crippen LogP) is 2.09. The fraction of sp³-hybridized carbons (Fsp3) is 1.00. The third-order valence-electron chi connectivity index (χ3n) is 2.88. The van der Waals surface area contributed by atoms with Crippen LogP contribution in [0.2, 0.25) is 0 Å². The van der Waals surface area contributed by atoms with E-state index in [1.165, 1.54) is 12.8 Å². The zero-order valence-electron chi connectivity index (χ0n) is 9.88. The molecule has 0 radical (unpaired) electrons. The summed E-state index contributed by atoms with van der Waals surface area (Å²) in [4.78, 5) is 2.42. The van der Waals surface area contributed by atoms with Crippen molar-refractivity contribution < 1.29 is 0 Å². The largest absolute Gasteiger partial charge is 0.329 e. The molecule has 0 aromatic carbocycles. The van der Waals surface area contributed by atoms with Crippen LogP contribution < -0.4 is 5.73 Å². The zero-order valence-corrected chi connectivity index (χ0v) is 9.88. The van der Waals surface area contributed by atoms with E-state index in [0.717, 1.165) is 12.5 Å². The molecule has 0 fully saturated rings. The number of nitrogens with two attached hydrogens (primary N) is 1. The van der Waals surface area contributed by atoms with E-state index in [-0.39, 0.29) is 0 Å². The molecule has 0 saturated carbocycles. The second-order valence-corrected chi connectivity index (χ2v) is 4.44. The van der Waals surface area contributed by atoms with E-state index in [9.17, 15) is 0 Å². The lowest BCUT2D eigenvalue weighted by atomic mass is 10.0. The first-order valence-electron chi connectivity index (χ1n) is 5.44. The molecular formula is C11H26N2. The standard InChI is InChI=1S/C11H26N2/c1-6-10(4)13(5)11(8-12)7-9(2)3/h9-11H,6-8,12H2,1-5H3. The molecule has 0 spiro atoms. The van der Waals surface area contributed by atoms with Gasteiger partial charge in [-0.2, -0.15) is 0 Å². The van der Waals surface area contributed by atoms with Crippen LogP contribution in [-0.2, 0) is 0 Å². The van der Waals surface area contributed by atoms with Crippen molar-refractivity contribution in [3.05, 3.63) is 0 Å². The average Bonchev–Trinajstić information content (AvgIpc) is 2.11. The van der Waals surface area contributed by atoms with Gasteiger partial charge in [-0.3, -0.25) is 4.90 Å². The van der Waals surface area contributed by atoms with E-state index in [1.54, 1.807) is 0 Å². The summed E-state index contributed by atoms with van der Waals surface area (Å²) in [5, 5.41) is 0. The quantitative estimate of drug-likeness (QED) is 0.688. The van der Waals surface area contributed by atoms with Crippen LogP contribution in [0.25, 0.3) is 0 Å².